The molecule has 0 spiro atoms. The van der Waals surface area contributed by atoms with E-state index < -0.39 is 17.9 Å². The molecular formula is C23H19BrClN3O4. The van der Waals surface area contributed by atoms with Gasteiger partial charge in [0.25, 0.3) is 17.7 Å². The van der Waals surface area contributed by atoms with E-state index in [1.165, 1.54) is 0 Å². The zero-order chi connectivity index (χ0) is 22.7. The van der Waals surface area contributed by atoms with Crippen LogP contribution in [-0.4, -0.2) is 39.5 Å². The lowest BCUT2D eigenvalue weighted by Crippen LogP contribution is -2.40. The summed E-state index contributed by atoms with van der Waals surface area (Å²) >= 11 is 9.91. The van der Waals surface area contributed by atoms with E-state index in [0.717, 1.165) is 6.42 Å². The van der Waals surface area contributed by atoms with Gasteiger partial charge in [0.15, 0.2) is 0 Å². The van der Waals surface area contributed by atoms with Crippen molar-refractivity contribution in [2.75, 3.05) is 0 Å². The van der Waals surface area contributed by atoms with Gasteiger partial charge in [0, 0.05) is 23.0 Å². The molecule has 2 aliphatic rings. The van der Waals surface area contributed by atoms with Gasteiger partial charge in [-0.25, -0.2) is 0 Å². The first-order valence-corrected chi connectivity index (χ1v) is 11.4. The largest absolute Gasteiger partial charge is 0.391 e. The molecule has 9 heteroatoms. The number of fused-ring (bicyclic) bond motifs is 3. The van der Waals surface area contributed by atoms with Crippen molar-refractivity contribution in [1.82, 2.24) is 15.2 Å². The minimum Gasteiger partial charge on any atom is -0.391 e. The Bertz CT molecular complexity index is 1330. The number of halogens is 2. The normalized spacial score (nSPS) is 20.0. The van der Waals surface area contributed by atoms with E-state index in [4.69, 9.17) is 11.6 Å². The molecule has 3 amide bonds. The highest BCUT2D eigenvalue weighted by atomic mass is 79.9. The van der Waals surface area contributed by atoms with E-state index in [-0.39, 0.29) is 23.1 Å². The number of hydrogen-bond acceptors (Lipinski definition) is 4. The lowest BCUT2D eigenvalue weighted by molar-refractivity contribution is 0.0860. The second kappa shape index (κ2) is 7.72. The van der Waals surface area contributed by atoms with Crippen LogP contribution in [0.15, 0.2) is 34.8 Å². The standard InChI is InChI=1S/C23H19BrClN3O4/c1-28-14-9-11(10-5-2-3-6-12(10)25)16-18(22(31)27-21(16)30)17(14)19(24)20(28)23(32)26-13-7-4-8-15(13)29/h2-3,5-6,9,13,15,29H,4,7-8H2,1H3,(H,26,32)(H,27,30,31). The van der Waals surface area contributed by atoms with Crippen LogP contribution in [0.25, 0.3) is 22.0 Å². The highest BCUT2D eigenvalue weighted by Crippen LogP contribution is 2.42. The Labute approximate surface area is 196 Å². The molecule has 2 heterocycles. The van der Waals surface area contributed by atoms with Crippen molar-refractivity contribution in [2.45, 2.75) is 31.4 Å². The van der Waals surface area contributed by atoms with Crippen molar-refractivity contribution in [3.05, 3.63) is 56.6 Å². The summed E-state index contributed by atoms with van der Waals surface area (Å²) in [6.07, 6.45) is 1.63. The van der Waals surface area contributed by atoms with Gasteiger partial charge in [0.05, 0.1) is 33.3 Å². The summed E-state index contributed by atoms with van der Waals surface area (Å²) in [4.78, 5) is 38.7. The zero-order valence-electron chi connectivity index (χ0n) is 17.0. The summed E-state index contributed by atoms with van der Waals surface area (Å²) in [6, 6.07) is 8.55. The molecule has 0 saturated heterocycles. The molecule has 1 fully saturated rings. The fourth-order valence-corrected chi connectivity index (χ4v) is 5.81. The van der Waals surface area contributed by atoms with E-state index in [1.807, 2.05) is 0 Å². The maximum Gasteiger partial charge on any atom is 0.269 e. The van der Waals surface area contributed by atoms with Crippen LogP contribution in [0.5, 0.6) is 0 Å². The molecule has 1 aromatic heterocycles. The lowest BCUT2D eigenvalue weighted by atomic mass is 9.94. The van der Waals surface area contributed by atoms with E-state index in [9.17, 15) is 19.5 Å². The molecule has 3 N–H and O–H groups in total. The number of hydrogen-bond donors (Lipinski definition) is 3. The fraction of sp³-hybridized carbons (Fsp3) is 0.261. The molecule has 2 atom stereocenters. The number of rotatable bonds is 3. The van der Waals surface area contributed by atoms with Gasteiger partial charge >= 0.3 is 0 Å². The number of amides is 3. The monoisotopic (exact) mass is 515 g/mol. The second-order valence-electron chi connectivity index (χ2n) is 8.13. The van der Waals surface area contributed by atoms with Gasteiger partial charge in [-0.05, 0) is 52.9 Å². The predicted octanol–water partition coefficient (Wildman–Crippen LogP) is 3.79. The summed E-state index contributed by atoms with van der Waals surface area (Å²) in [6.45, 7) is 0. The molecule has 1 saturated carbocycles. The summed E-state index contributed by atoms with van der Waals surface area (Å²) in [5.41, 5.74) is 2.50. The quantitative estimate of drug-likeness (QED) is 0.461. The van der Waals surface area contributed by atoms with Gasteiger partial charge in [-0.2, -0.15) is 0 Å². The minimum absolute atomic E-state index is 0.213. The molecule has 0 radical (unpaired) electrons. The average Bonchev–Trinajstić information content (AvgIpc) is 3.37. The van der Waals surface area contributed by atoms with Crippen LogP contribution in [-0.2, 0) is 7.05 Å². The summed E-state index contributed by atoms with van der Waals surface area (Å²) in [5, 5.41) is 16.3. The van der Waals surface area contributed by atoms with Crippen molar-refractivity contribution >= 4 is 56.2 Å². The smallest absolute Gasteiger partial charge is 0.269 e. The molecule has 32 heavy (non-hydrogen) atoms. The first-order valence-electron chi connectivity index (χ1n) is 10.2. The van der Waals surface area contributed by atoms with Crippen LogP contribution in [0, 0.1) is 0 Å². The van der Waals surface area contributed by atoms with Crippen LogP contribution in [0.1, 0.15) is 50.5 Å². The Morgan fingerprint density at radius 3 is 2.59 bits per heavy atom. The molecule has 0 bridgehead atoms. The topological polar surface area (TPSA) is 100 Å². The Kier molecular flexibility index (Phi) is 5.11. The third-order valence-corrected chi connectivity index (χ3v) is 7.39. The van der Waals surface area contributed by atoms with Gasteiger partial charge in [-0.15, -0.1) is 0 Å². The summed E-state index contributed by atoms with van der Waals surface area (Å²) < 4.78 is 2.11. The Morgan fingerprint density at radius 2 is 1.91 bits per heavy atom. The molecule has 2 unspecified atom stereocenters. The lowest BCUT2D eigenvalue weighted by Gasteiger charge is -2.17. The predicted molar refractivity (Wildman–Crippen MR) is 124 cm³/mol. The molecule has 164 valence electrons. The highest BCUT2D eigenvalue weighted by Gasteiger charge is 2.37. The number of aryl methyl sites for hydroxylation is 1. The maximum absolute atomic E-state index is 13.2. The Balaban J connectivity index is 1.75. The van der Waals surface area contributed by atoms with E-state index >= 15 is 0 Å². The molecular weight excluding hydrogens is 498 g/mol. The van der Waals surface area contributed by atoms with Crippen molar-refractivity contribution in [3.63, 3.8) is 0 Å². The number of nitrogens with zero attached hydrogens (tertiary/aromatic N) is 1. The third kappa shape index (κ3) is 3.09. The summed E-state index contributed by atoms with van der Waals surface area (Å²) in [5.74, 6) is -1.38. The zero-order valence-corrected chi connectivity index (χ0v) is 19.4. The van der Waals surface area contributed by atoms with Gasteiger partial charge in [-0.1, -0.05) is 29.8 Å². The van der Waals surface area contributed by atoms with Crippen LogP contribution in [0.2, 0.25) is 5.02 Å². The van der Waals surface area contributed by atoms with E-state index in [1.54, 1.807) is 41.9 Å². The van der Waals surface area contributed by atoms with Crippen molar-refractivity contribution in [3.8, 4) is 11.1 Å². The first kappa shape index (κ1) is 21.2. The number of aliphatic hydroxyl groups excluding tert-OH is 1. The van der Waals surface area contributed by atoms with Crippen molar-refractivity contribution in [1.29, 1.82) is 0 Å². The first-order chi connectivity index (χ1) is 15.3. The number of aliphatic hydroxyl groups is 1. The molecule has 1 aliphatic heterocycles. The van der Waals surface area contributed by atoms with Crippen molar-refractivity contribution in [2.24, 2.45) is 7.05 Å². The highest BCUT2D eigenvalue weighted by molar-refractivity contribution is 9.10. The van der Waals surface area contributed by atoms with Gasteiger partial charge < -0.3 is 15.0 Å². The number of aromatic nitrogens is 1. The number of imide groups is 1. The van der Waals surface area contributed by atoms with Crippen LogP contribution < -0.4 is 10.6 Å². The molecule has 3 aromatic rings. The molecule has 7 nitrogen and oxygen atoms in total. The number of carbonyl (C=O) groups excluding carboxylic acids is 3. The fourth-order valence-electron chi connectivity index (χ4n) is 4.72. The van der Waals surface area contributed by atoms with E-state index in [0.29, 0.717) is 50.1 Å². The number of benzene rings is 2. The molecule has 1 aliphatic carbocycles. The third-order valence-electron chi connectivity index (χ3n) is 6.29. The maximum atomic E-state index is 13.2. The SMILES string of the molecule is Cn1c(C(=O)NC2CCCC2O)c(Br)c2c3c(c(-c4ccccc4Cl)cc21)C(=O)NC3=O. The van der Waals surface area contributed by atoms with Gasteiger partial charge in [-0.3, -0.25) is 19.7 Å². The van der Waals surface area contributed by atoms with Crippen molar-refractivity contribution < 1.29 is 19.5 Å². The minimum atomic E-state index is -0.577. The molecule has 5 rings (SSSR count). The van der Waals surface area contributed by atoms with Gasteiger partial charge in [0.1, 0.15) is 5.69 Å². The summed E-state index contributed by atoms with van der Waals surface area (Å²) in [7, 11) is 1.73. The van der Waals surface area contributed by atoms with E-state index in [2.05, 4.69) is 26.6 Å². The Hall–Kier alpha value is -2.68. The second-order valence-corrected chi connectivity index (χ2v) is 9.33. The Morgan fingerprint density at radius 1 is 1.19 bits per heavy atom. The molecule has 2 aromatic carbocycles. The number of carbonyl (C=O) groups is 3. The average molecular weight is 517 g/mol. The number of nitrogens with one attached hydrogen (secondary N) is 2. The van der Waals surface area contributed by atoms with Crippen LogP contribution in [0.4, 0.5) is 0 Å². The van der Waals surface area contributed by atoms with Crippen LogP contribution in [0.3, 0.4) is 0 Å². The van der Waals surface area contributed by atoms with Crippen LogP contribution >= 0.6 is 27.5 Å². The van der Waals surface area contributed by atoms with Gasteiger partial charge in [0.2, 0.25) is 0 Å².